The molecule has 0 N–H and O–H groups in total. The number of fused-ring (bicyclic) bond motifs is 1. The van der Waals surface area contributed by atoms with Gasteiger partial charge in [-0.05, 0) is 24.4 Å². The standard InChI is InChI=1S/C16H20N2O/c1-11(19)13-10-9-12-7-6-8-14(17(2)3)15(12)16(13)18(4)5/h6-10H,1-5H3. The van der Waals surface area contributed by atoms with Crippen molar-refractivity contribution in [3.63, 3.8) is 0 Å². The first-order valence-corrected chi connectivity index (χ1v) is 6.34. The molecule has 0 aliphatic heterocycles. The monoisotopic (exact) mass is 256 g/mol. The predicted octanol–water partition coefficient (Wildman–Crippen LogP) is 3.17. The van der Waals surface area contributed by atoms with E-state index in [1.807, 2.05) is 51.3 Å². The molecule has 0 spiro atoms. The molecule has 2 aromatic carbocycles. The summed E-state index contributed by atoms with van der Waals surface area (Å²) < 4.78 is 0. The number of ketones is 1. The third-order valence-electron chi connectivity index (χ3n) is 3.30. The fraction of sp³-hybridized carbons (Fsp3) is 0.312. The highest BCUT2D eigenvalue weighted by atomic mass is 16.1. The van der Waals surface area contributed by atoms with Gasteiger partial charge in [0, 0.05) is 44.8 Å². The van der Waals surface area contributed by atoms with Crippen molar-refractivity contribution in [3.8, 4) is 0 Å². The van der Waals surface area contributed by atoms with Gasteiger partial charge in [0.1, 0.15) is 0 Å². The summed E-state index contributed by atoms with van der Waals surface area (Å²) >= 11 is 0. The molecule has 3 heteroatoms. The van der Waals surface area contributed by atoms with E-state index in [-0.39, 0.29) is 5.78 Å². The molecule has 19 heavy (non-hydrogen) atoms. The van der Waals surface area contributed by atoms with Crippen LogP contribution in [0.5, 0.6) is 0 Å². The van der Waals surface area contributed by atoms with Gasteiger partial charge in [0.05, 0.1) is 5.69 Å². The highest BCUT2D eigenvalue weighted by Gasteiger charge is 2.16. The van der Waals surface area contributed by atoms with Gasteiger partial charge in [0.15, 0.2) is 5.78 Å². The van der Waals surface area contributed by atoms with E-state index in [0.29, 0.717) is 0 Å². The summed E-state index contributed by atoms with van der Waals surface area (Å²) in [5.41, 5.74) is 2.89. The molecule has 0 saturated heterocycles. The minimum atomic E-state index is 0.0964. The second-order valence-electron chi connectivity index (χ2n) is 5.18. The summed E-state index contributed by atoms with van der Waals surface area (Å²) in [6, 6.07) is 10.1. The fourth-order valence-electron chi connectivity index (χ4n) is 2.46. The van der Waals surface area contributed by atoms with E-state index in [0.717, 1.165) is 27.7 Å². The van der Waals surface area contributed by atoms with E-state index >= 15 is 0 Å². The van der Waals surface area contributed by atoms with Crippen LogP contribution < -0.4 is 9.80 Å². The van der Waals surface area contributed by atoms with Crippen LogP contribution in [0.3, 0.4) is 0 Å². The van der Waals surface area contributed by atoms with Crippen molar-refractivity contribution in [2.24, 2.45) is 0 Å². The summed E-state index contributed by atoms with van der Waals surface area (Å²) in [6.07, 6.45) is 0. The molecule has 0 aliphatic rings. The number of nitrogens with zero attached hydrogens (tertiary/aromatic N) is 2. The van der Waals surface area contributed by atoms with Crippen LogP contribution in [-0.4, -0.2) is 34.0 Å². The lowest BCUT2D eigenvalue weighted by Gasteiger charge is -2.23. The Kier molecular flexibility index (Phi) is 3.47. The SMILES string of the molecule is CC(=O)c1ccc2cccc(N(C)C)c2c1N(C)C. The van der Waals surface area contributed by atoms with Crippen molar-refractivity contribution in [2.45, 2.75) is 6.92 Å². The van der Waals surface area contributed by atoms with Crippen LogP contribution >= 0.6 is 0 Å². The summed E-state index contributed by atoms with van der Waals surface area (Å²) in [5.74, 6) is 0.0964. The number of Topliss-reactive ketones (excluding diaryl/α,β-unsaturated/α-hetero) is 1. The zero-order chi connectivity index (χ0) is 14.2. The van der Waals surface area contributed by atoms with Crippen molar-refractivity contribution in [1.29, 1.82) is 0 Å². The summed E-state index contributed by atoms with van der Waals surface area (Å²) in [5, 5.41) is 2.28. The second-order valence-corrected chi connectivity index (χ2v) is 5.18. The Morgan fingerprint density at radius 3 is 2.16 bits per heavy atom. The third-order valence-corrected chi connectivity index (χ3v) is 3.30. The normalized spacial score (nSPS) is 10.6. The first-order valence-electron chi connectivity index (χ1n) is 6.34. The van der Waals surface area contributed by atoms with E-state index in [1.165, 1.54) is 0 Å². The predicted molar refractivity (Wildman–Crippen MR) is 82.6 cm³/mol. The molecule has 0 fully saturated rings. The Labute approximate surface area is 114 Å². The average molecular weight is 256 g/mol. The molecule has 100 valence electrons. The lowest BCUT2D eigenvalue weighted by molar-refractivity contribution is 0.101. The number of carbonyl (C=O) groups excluding carboxylic acids is 1. The van der Waals surface area contributed by atoms with Gasteiger partial charge in [-0.15, -0.1) is 0 Å². The van der Waals surface area contributed by atoms with E-state index in [9.17, 15) is 4.79 Å². The Hall–Kier alpha value is -2.03. The summed E-state index contributed by atoms with van der Waals surface area (Å²) in [4.78, 5) is 16.0. The van der Waals surface area contributed by atoms with Crippen LogP contribution in [0.25, 0.3) is 10.8 Å². The lowest BCUT2D eigenvalue weighted by atomic mass is 9.99. The largest absolute Gasteiger partial charge is 0.377 e. The van der Waals surface area contributed by atoms with Crippen LogP contribution in [0.4, 0.5) is 11.4 Å². The van der Waals surface area contributed by atoms with Gasteiger partial charge >= 0.3 is 0 Å². The smallest absolute Gasteiger partial charge is 0.161 e. The zero-order valence-corrected chi connectivity index (χ0v) is 12.2. The van der Waals surface area contributed by atoms with Gasteiger partial charge < -0.3 is 9.80 Å². The minimum absolute atomic E-state index is 0.0964. The van der Waals surface area contributed by atoms with E-state index < -0.39 is 0 Å². The third kappa shape index (κ3) is 2.28. The van der Waals surface area contributed by atoms with Crippen LogP contribution in [0.2, 0.25) is 0 Å². The Morgan fingerprint density at radius 2 is 1.63 bits per heavy atom. The number of hydrogen-bond donors (Lipinski definition) is 0. The van der Waals surface area contributed by atoms with Crippen LogP contribution in [0.15, 0.2) is 30.3 Å². The molecular formula is C16H20N2O. The molecule has 0 heterocycles. The van der Waals surface area contributed by atoms with Crippen molar-refractivity contribution in [1.82, 2.24) is 0 Å². The van der Waals surface area contributed by atoms with Crippen LogP contribution in [-0.2, 0) is 0 Å². The van der Waals surface area contributed by atoms with Crippen molar-refractivity contribution >= 4 is 27.9 Å². The molecule has 2 aromatic rings. The summed E-state index contributed by atoms with van der Waals surface area (Å²) in [6.45, 7) is 1.62. The first-order chi connectivity index (χ1) is 8.93. The van der Waals surface area contributed by atoms with Crippen LogP contribution in [0.1, 0.15) is 17.3 Å². The van der Waals surface area contributed by atoms with Gasteiger partial charge in [-0.1, -0.05) is 18.2 Å². The van der Waals surface area contributed by atoms with Crippen molar-refractivity contribution in [2.75, 3.05) is 38.0 Å². The van der Waals surface area contributed by atoms with Crippen molar-refractivity contribution in [3.05, 3.63) is 35.9 Å². The fourth-order valence-corrected chi connectivity index (χ4v) is 2.46. The van der Waals surface area contributed by atoms with E-state index in [4.69, 9.17) is 0 Å². The number of carbonyl (C=O) groups is 1. The topological polar surface area (TPSA) is 23.6 Å². The molecule has 0 atom stereocenters. The zero-order valence-electron chi connectivity index (χ0n) is 12.2. The number of benzene rings is 2. The molecule has 0 radical (unpaired) electrons. The second kappa shape index (κ2) is 4.92. The molecule has 2 rings (SSSR count). The highest BCUT2D eigenvalue weighted by Crippen LogP contribution is 2.36. The van der Waals surface area contributed by atoms with Gasteiger partial charge in [0.2, 0.25) is 0 Å². The Balaban J connectivity index is 2.94. The molecule has 0 aliphatic carbocycles. The maximum Gasteiger partial charge on any atom is 0.161 e. The Bertz CT molecular complexity index is 630. The van der Waals surface area contributed by atoms with Gasteiger partial charge in [-0.2, -0.15) is 0 Å². The van der Waals surface area contributed by atoms with Gasteiger partial charge in [-0.25, -0.2) is 0 Å². The molecule has 0 aromatic heterocycles. The average Bonchev–Trinajstić information content (AvgIpc) is 2.35. The maximum atomic E-state index is 11.9. The quantitative estimate of drug-likeness (QED) is 0.788. The Morgan fingerprint density at radius 1 is 0.947 bits per heavy atom. The van der Waals surface area contributed by atoms with E-state index in [2.05, 4.69) is 17.0 Å². The van der Waals surface area contributed by atoms with Gasteiger partial charge in [-0.3, -0.25) is 4.79 Å². The molecule has 3 nitrogen and oxygen atoms in total. The number of rotatable bonds is 3. The summed E-state index contributed by atoms with van der Waals surface area (Å²) in [7, 11) is 8.00. The maximum absolute atomic E-state index is 11.9. The molecule has 0 unspecified atom stereocenters. The lowest BCUT2D eigenvalue weighted by Crippen LogP contribution is -2.16. The van der Waals surface area contributed by atoms with Crippen molar-refractivity contribution < 1.29 is 4.79 Å². The minimum Gasteiger partial charge on any atom is -0.377 e. The molecule has 0 saturated carbocycles. The number of anilines is 2. The number of hydrogen-bond acceptors (Lipinski definition) is 3. The molecular weight excluding hydrogens is 236 g/mol. The highest BCUT2D eigenvalue weighted by molar-refractivity contribution is 6.12. The molecule has 0 amide bonds. The molecule has 0 bridgehead atoms. The van der Waals surface area contributed by atoms with E-state index in [1.54, 1.807) is 6.92 Å². The van der Waals surface area contributed by atoms with Crippen LogP contribution in [0, 0.1) is 0 Å². The first kappa shape index (κ1) is 13.4. The van der Waals surface area contributed by atoms with Gasteiger partial charge in [0.25, 0.3) is 0 Å².